The van der Waals surface area contributed by atoms with E-state index in [0.717, 1.165) is 17.7 Å². The third-order valence-electron chi connectivity index (χ3n) is 3.99. The van der Waals surface area contributed by atoms with Crippen molar-refractivity contribution in [3.05, 3.63) is 53.5 Å². The molecule has 0 saturated carbocycles. The summed E-state index contributed by atoms with van der Waals surface area (Å²) < 4.78 is 44.7. The van der Waals surface area contributed by atoms with Crippen molar-refractivity contribution >= 4 is 11.6 Å². The highest BCUT2D eigenvalue weighted by Crippen LogP contribution is 2.30. The largest absolute Gasteiger partial charge is 0.416 e. The smallest absolute Gasteiger partial charge is 0.378 e. The Labute approximate surface area is 148 Å². The summed E-state index contributed by atoms with van der Waals surface area (Å²) in [6.45, 7) is 2.79. The minimum Gasteiger partial charge on any atom is -0.378 e. The van der Waals surface area contributed by atoms with E-state index in [1.54, 1.807) is 11.6 Å². The van der Waals surface area contributed by atoms with Crippen molar-refractivity contribution in [2.45, 2.75) is 25.6 Å². The molecule has 0 aliphatic heterocycles. The van der Waals surface area contributed by atoms with Crippen LogP contribution < -0.4 is 5.32 Å². The minimum atomic E-state index is -4.33. The van der Waals surface area contributed by atoms with Gasteiger partial charge in [0, 0.05) is 19.7 Å². The zero-order valence-corrected chi connectivity index (χ0v) is 14.3. The number of aromatic nitrogens is 4. The summed E-state index contributed by atoms with van der Waals surface area (Å²) in [5.74, 6) is 1.14. The average molecular weight is 365 g/mol. The third-order valence-corrected chi connectivity index (χ3v) is 3.99. The second-order valence-electron chi connectivity index (χ2n) is 5.94. The normalized spacial score (nSPS) is 13.1. The number of rotatable bonds is 6. The fourth-order valence-electron chi connectivity index (χ4n) is 2.59. The number of halogens is 3. The number of fused-ring (bicyclic) bond motifs is 1. The molecule has 1 aromatic carbocycles. The molecule has 138 valence electrons. The van der Waals surface area contributed by atoms with Crippen LogP contribution >= 0.6 is 0 Å². The number of nitrogens with zero attached hydrogens (tertiary/aromatic N) is 4. The lowest BCUT2D eigenvalue weighted by Crippen LogP contribution is -2.14. The lowest BCUT2D eigenvalue weighted by molar-refractivity contribution is -0.137. The predicted molar refractivity (Wildman–Crippen MR) is 89.8 cm³/mol. The van der Waals surface area contributed by atoms with Gasteiger partial charge in [0.1, 0.15) is 12.1 Å². The highest BCUT2D eigenvalue weighted by molar-refractivity contribution is 5.45. The van der Waals surface area contributed by atoms with Gasteiger partial charge in [-0.1, -0.05) is 19.1 Å². The highest BCUT2D eigenvalue weighted by atomic mass is 19.4. The maximum atomic E-state index is 12.7. The Morgan fingerprint density at radius 3 is 2.62 bits per heavy atom. The van der Waals surface area contributed by atoms with Gasteiger partial charge in [-0.2, -0.15) is 27.8 Å². The summed E-state index contributed by atoms with van der Waals surface area (Å²) in [5, 5.41) is 7.38. The number of methoxy groups -OCH3 is 1. The lowest BCUT2D eigenvalue weighted by Gasteiger charge is -2.16. The predicted octanol–water partition coefficient (Wildman–Crippen LogP) is 3.51. The first-order valence-electron chi connectivity index (χ1n) is 7.98. The molecule has 0 aliphatic carbocycles. The van der Waals surface area contributed by atoms with Gasteiger partial charge in [0.2, 0.25) is 0 Å². The van der Waals surface area contributed by atoms with Crippen LogP contribution in [0.25, 0.3) is 5.78 Å². The molecular weight excluding hydrogens is 347 g/mol. The van der Waals surface area contributed by atoms with Gasteiger partial charge in [0.05, 0.1) is 17.9 Å². The van der Waals surface area contributed by atoms with E-state index in [-0.39, 0.29) is 5.92 Å². The van der Waals surface area contributed by atoms with Crippen molar-refractivity contribution < 1.29 is 17.9 Å². The van der Waals surface area contributed by atoms with Crippen LogP contribution in [0, 0.1) is 0 Å². The maximum absolute atomic E-state index is 12.7. The molecular formula is C17H18F3N5O. The van der Waals surface area contributed by atoms with Crippen LogP contribution in [0.15, 0.2) is 36.7 Å². The molecule has 26 heavy (non-hydrogen) atoms. The Bertz CT molecular complexity index is 876. The SMILES string of the molecule is COCc1cc(NCC(C)c2ccc(C(F)(F)F)cc2)n2ncnc2n1. The number of hydrogen-bond donors (Lipinski definition) is 1. The molecule has 3 aromatic rings. The molecule has 0 aliphatic rings. The number of alkyl halides is 3. The van der Waals surface area contributed by atoms with Crippen LogP contribution in [0.1, 0.15) is 29.7 Å². The quantitative estimate of drug-likeness (QED) is 0.724. The summed E-state index contributed by atoms with van der Waals surface area (Å²) in [6, 6.07) is 7.02. The summed E-state index contributed by atoms with van der Waals surface area (Å²) >= 11 is 0. The van der Waals surface area contributed by atoms with Gasteiger partial charge < -0.3 is 10.1 Å². The standard InChI is InChI=1S/C17H18F3N5O/c1-11(12-3-5-13(6-4-12)17(18,19)20)8-21-15-7-14(9-26-2)24-16-22-10-23-25(15)16/h3-7,10-11,21H,8-9H2,1-2H3. The molecule has 6 nitrogen and oxygen atoms in total. The first kappa shape index (κ1) is 18.1. The molecule has 0 spiro atoms. The van der Waals surface area contributed by atoms with E-state index in [1.165, 1.54) is 18.5 Å². The molecule has 2 heterocycles. The zero-order chi connectivity index (χ0) is 18.7. The van der Waals surface area contributed by atoms with Crippen LogP contribution in [0.4, 0.5) is 19.0 Å². The van der Waals surface area contributed by atoms with E-state index >= 15 is 0 Å². The van der Waals surface area contributed by atoms with Crippen molar-refractivity contribution in [1.29, 1.82) is 0 Å². The fourth-order valence-corrected chi connectivity index (χ4v) is 2.59. The molecule has 0 radical (unpaired) electrons. The molecule has 1 atom stereocenters. The van der Waals surface area contributed by atoms with E-state index < -0.39 is 11.7 Å². The summed E-state index contributed by atoms with van der Waals surface area (Å²) in [7, 11) is 1.58. The highest BCUT2D eigenvalue weighted by Gasteiger charge is 2.30. The summed E-state index contributed by atoms with van der Waals surface area (Å²) in [4.78, 5) is 8.40. The van der Waals surface area contributed by atoms with Gasteiger partial charge in [-0.3, -0.25) is 0 Å². The van der Waals surface area contributed by atoms with Gasteiger partial charge >= 0.3 is 6.18 Å². The molecule has 0 bridgehead atoms. The van der Waals surface area contributed by atoms with E-state index in [1.807, 2.05) is 13.0 Å². The number of benzene rings is 1. The molecule has 0 saturated heterocycles. The van der Waals surface area contributed by atoms with Crippen molar-refractivity contribution in [3.8, 4) is 0 Å². The number of nitrogens with one attached hydrogen (secondary N) is 1. The van der Waals surface area contributed by atoms with Gasteiger partial charge in [-0.15, -0.1) is 0 Å². The van der Waals surface area contributed by atoms with Crippen molar-refractivity contribution in [3.63, 3.8) is 0 Å². The van der Waals surface area contributed by atoms with E-state index in [0.29, 0.717) is 30.4 Å². The summed E-state index contributed by atoms with van der Waals surface area (Å²) in [5.41, 5.74) is 0.869. The van der Waals surface area contributed by atoms with Crippen LogP contribution in [0.5, 0.6) is 0 Å². The fraction of sp³-hybridized carbons (Fsp3) is 0.353. The van der Waals surface area contributed by atoms with E-state index in [2.05, 4.69) is 20.4 Å². The topological polar surface area (TPSA) is 64.3 Å². The second-order valence-corrected chi connectivity index (χ2v) is 5.94. The van der Waals surface area contributed by atoms with Crippen LogP contribution in [-0.4, -0.2) is 33.2 Å². The van der Waals surface area contributed by atoms with Crippen LogP contribution in [-0.2, 0) is 17.5 Å². The molecule has 3 rings (SSSR count). The van der Waals surface area contributed by atoms with Gasteiger partial charge in [-0.05, 0) is 23.6 Å². The molecule has 1 N–H and O–H groups in total. The van der Waals surface area contributed by atoms with Crippen LogP contribution in [0.3, 0.4) is 0 Å². The number of hydrogen-bond acceptors (Lipinski definition) is 5. The first-order valence-corrected chi connectivity index (χ1v) is 7.98. The van der Waals surface area contributed by atoms with Crippen LogP contribution in [0.2, 0.25) is 0 Å². The summed E-state index contributed by atoms with van der Waals surface area (Å²) in [6.07, 6.45) is -2.92. The lowest BCUT2D eigenvalue weighted by atomic mass is 9.99. The number of ether oxygens (including phenoxy) is 1. The Kier molecular flexibility index (Phi) is 5.08. The Morgan fingerprint density at radius 1 is 1.23 bits per heavy atom. The van der Waals surface area contributed by atoms with Gasteiger partial charge in [0.15, 0.2) is 0 Å². The molecule has 9 heteroatoms. The van der Waals surface area contributed by atoms with E-state index in [4.69, 9.17) is 4.74 Å². The Balaban J connectivity index is 1.74. The Morgan fingerprint density at radius 2 is 1.96 bits per heavy atom. The van der Waals surface area contributed by atoms with Gasteiger partial charge in [0.25, 0.3) is 5.78 Å². The number of anilines is 1. The average Bonchev–Trinajstić information content (AvgIpc) is 3.07. The maximum Gasteiger partial charge on any atom is 0.416 e. The second kappa shape index (κ2) is 7.28. The van der Waals surface area contributed by atoms with E-state index in [9.17, 15) is 13.2 Å². The first-order chi connectivity index (χ1) is 12.4. The van der Waals surface area contributed by atoms with Gasteiger partial charge in [-0.25, -0.2) is 4.98 Å². The minimum absolute atomic E-state index is 0.00473. The third kappa shape index (κ3) is 3.93. The zero-order valence-electron chi connectivity index (χ0n) is 14.3. The molecule has 2 aromatic heterocycles. The molecule has 0 amide bonds. The van der Waals surface area contributed by atoms with Crippen molar-refractivity contribution in [2.75, 3.05) is 19.0 Å². The Hall–Kier alpha value is -2.68. The molecule has 1 unspecified atom stereocenters. The molecule has 0 fully saturated rings. The monoisotopic (exact) mass is 365 g/mol. The van der Waals surface area contributed by atoms with Crippen molar-refractivity contribution in [1.82, 2.24) is 19.6 Å². The van der Waals surface area contributed by atoms with Crippen molar-refractivity contribution in [2.24, 2.45) is 0 Å².